The fourth-order valence-electron chi connectivity index (χ4n) is 3.93. The van der Waals surface area contributed by atoms with Gasteiger partial charge in [0.25, 0.3) is 0 Å². The number of halogens is 1. The van der Waals surface area contributed by atoms with Gasteiger partial charge in [-0.25, -0.2) is 9.69 Å². The first-order chi connectivity index (χ1) is 11.5. The molecule has 3 nitrogen and oxygen atoms in total. The standard InChI is InChI=1S/C21H24BrNO2/c1-12-7-9-15-13(11-12)21(5,6)18-16(23(15)19(24)25)10-8-14(22)17(18)20(2,3)4/h7-11H,1-6H3,(H,24,25). The highest BCUT2D eigenvalue weighted by Crippen LogP contribution is 2.53. The van der Waals surface area contributed by atoms with Crippen LogP contribution < -0.4 is 4.90 Å². The average Bonchev–Trinajstić information content (AvgIpc) is 2.47. The van der Waals surface area contributed by atoms with Crippen molar-refractivity contribution >= 4 is 33.4 Å². The molecule has 2 aromatic carbocycles. The molecular weight excluding hydrogens is 378 g/mol. The van der Waals surface area contributed by atoms with E-state index < -0.39 is 6.09 Å². The molecule has 0 bridgehead atoms. The Morgan fingerprint density at radius 3 is 2.28 bits per heavy atom. The number of hydrogen-bond donors (Lipinski definition) is 1. The maximum atomic E-state index is 12.1. The lowest BCUT2D eigenvalue weighted by molar-refractivity contribution is 0.204. The summed E-state index contributed by atoms with van der Waals surface area (Å²) in [6.45, 7) is 12.9. The zero-order chi connectivity index (χ0) is 18.7. The summed E-state index contributed by atoms with van der Waals surface area (Å²) < 4.78 is 1.02. The Labute approximate surface area is 157 Å². The quantitative estimate of drug-likeness (QED) is 0.546. The van der Waals surface area contributed by atoms with Gasteiger partial charge >= 0.3 is 6.09 Å². The van der Waals surface area contributed by atoms with Gasteiger partial charge in [-0.3, -0.25) is 0 Å². The summed E-state index contributed by atoms with van der Waals surface area (Å²) in [7, 11) is 0. The number of aryl methyl sites for hydroxylation is 1. The van der Waals surface area contributed by atoms with Crippen LogP contribution in [-0.4, -0.2) is 11.2 Å². The molecule has 0 saturated carbocycles. The fourth-order valence-corrected chi connectivity index (χ4v) is 4.86. The van der Waals surface area contributed by atoms with Gasteiger partial charge in [0.1, 0.15) is 0 Å². The topological polar surface area (TPSA) is 40.5 Å². The van der Waals surface area contributed by atoms with E-state index in [4.69, 9.17) is 0 Å². The van der Waals surface area contributed by atoms with Crippen molar-refractivity contribution in [3.63, 3.8) is 0 Å². The Balaban J connectivity index is 2.48. The van der Waals surface area contributed by atoms with E-state index in [1.165, 1.54) is 4.90 Å². The molecule has 3 rings (SSSR count). The molecule has 0 unspecified atom stereocenters. The predicted molar refractivity (Wildman–Crippen MR) is 106 cm³/mol. The smallest absolute Gasteiger partial charge is 0.416 e. The molecule has 4 heteroatoms. The van der Waals surface area contributed by atoms with Crippen molar-refractivity contribution in [3.8, 4) is 0 Å². The maximum Gasteiger partial charge on any atom is 0.416 e. The van der Waals surface area contributed by atoms with Gasteiger partial charge in [-0.05, 0) is 47.2 Å². The molecule has 0 spiro atoms. The van der Waals surface area contributed by atoms with E-state index in [9.17, 15) is 9.90 Å². The Morgan fingerprint density at radius 1 is 1.12 bits per heavy atom. The summed E-state index contributed by atoms with van der Waals surface area (Å²) in [6, 6.07) is 9.88. The minimum atomic E-state index is -0.955. The summed E-state index contributed by atoms with van der Waals surface area (Å²) in [5.41, 5.74) is 5.50. The normalized spacial score (nSPS) is 15.6. The number of hydrogen-bond acceptors (Lipinski definition) is 1. The molecule has 1 aliphatic rings. The largest absolute Gasteiger partial charge is 0.464 e. The van der Waals surface area contributed by atoms with Crippen molar-refractivity contribution in [3.05, 3.63) is 57.1 Å². The molecule has 0 saturated heterocycles. The molecule has 2 aromatic rings. The second-order valence-corrected chi connectivity index (χ2v) is 9.18. The molecule has 25 heavy (non-hydrogen) atoms. The second-order valence-electron chi connectivity index (χ2n) is 8.33. The van der Waals surface area contributed by atoms with Crippen LogP contribution >= 0.6 is 15.9 Å². The highest BCUT2D eigenvalue weighted by Gasteiger charge is 2.42. The van der Waals surface area contributed by atoms with Crippen LogP contribution in [0.25, 0.3) is 0 Å². The summed E-state index contributed by atoms with van der Waals surface area (Å²) in [6.07, 6.45) is -0.955. The zero-order valence-electron chi connectivity index (χ0n) is 15.6. The molecule has 1 aliphatic heterocycles. The first-order valence-corrected chi connectivity index (χ1v) is 9.23. The van der Waals surface area contributed by atoms with Gasteiger partial charge in [-0.2, -0.15) is 0 Å². The van der Waals surface area contributed by atoms with E-state index in [-0.39, 0.29) is 10.8 Å². The Hall–Kier alpha value is -1.81. The van der Waals surface area contributed by atoms with Gasteiger partial charge in [0.05, 0.1) is 11.4 Å². The summed E-state index contributed by atoms with van der Waals surface area (Å²) >= 11 is 3.71. The predicted octanol–water partition coefficient (Wildman–Crippen LogP) is 6.51. The van der Waals surface area contributed by atoms with Crippen LogP contribution in [-0.2, 0) is 10.8 Å². The van der Waals surface area contributed by atoms with E-state index in [2.05, 4.69) is 56.6 Å². The molecule has 0 aromatic heterocycles. The van der Waals surface area contributed by atoms with Crippen LogP contribution in [0.2, 0.25) is 0 Å². The van der Waals surface area contributed by atoms with Gasteiger partial charge in [0.15, 0.2) is 0 Å². The fraction of sp³-hybridized carbons (Fsp3) is 0.381. The minimum absolute atomic E-state index is 0.118. The molecule has 132 valence electrons. The lowest BCUT2D eigenvalue weighted by atomic mass is 9.68. The number of carboxylic acid groups (broad SMARTS) is 1. The van der Waals surface area contributed by atoms with Gasteiger partial charge in [0, 0.05) is 9.89 Å². The van der Waals surface area contributed by atoms with Crippen LogP contribution in [0.15, 0.2) is 34.8 Å². The number of carbonyl (C=O) groups is 1. The first-order valence-electron chi connectivity index (χ1n) is 8.44. The van der Waals surface area contributed by atoms with Crippen LogP contribution in [0.5, 0.6) is 0 Å². The SMILES string of the molecule is Cc1ccc2c(c1)C(C)(C)c1c(ccc(Br)c1C(C)(C)C)N2C(=O)O. The van der Waals surface area contributed by atoms with Gasteiger partial charge in [0.2, 0.25) is 0 Å². The molecule has 0 aliphatic carbocycles. The number of benzene rings is 2. The maximum absolute atomic E-state index is 12.1. The number of anilines is 2. The Morgan fingerprint density at radius 2 is 1.72 bits per heavy atom. The highest BCUT2D eigenvalue weighted by molar-refractivity contribution is 9.10. The first kappa shape index (κ1) is 18.0. The van der Waals surface area contributed by atoms with Crippen LogP contribution in [0.3, 0.4) is 0 Å². The van der Waals surface area contributed by atoms with Crippen molar-refractivity contribution in [2.24, 2.45) is 0 Å². The number of amides is 1. The van der Waals surface area contributed by atoms with E-state index in [0.717, 1.165) is 38.1 Å². The number of rotatable bonds is 0. The van der Waals surface area contributed by atoms with Crippen LogP contribution in [0.1, 0.15) is 56.9 Å². The van der Waals surface area contributed by atoms with E-state index in [1.54, 1.807) is 0 Å². The third-order valence-corrected chi connectivity index (χ3v) is 5.67. The minimum Gasteiger partial charge on any atom is -0.464 e. The van der Waals surface area contributed by atoms with E-state index >= 15 is 0 Å². The third-order valence-electron chi connectivity index (χ3n) is 5.01. The van der Waals surface area contributed by atoms with Crippen molar-refractivity contribution in [2.75, 3.05) is 4.90 Å². The van der Waals surface area contributed by atoms with Crippen molar-refractivity contribution in [1.29, 1.82) is 0 Å². The van der Waals surface area contributed by atoms with Crippen LogP contribution in [0, 0.1) is 6.92 Å². The molecule has 0 atom stereocenters. The van der Waals surface area contributed by atoms with Crippen molar-refractivity contribution in [1.82, 2.24) is 0 Å². The van der Waals surface area contributed by atoms with Gasteiger partial charge < -0.3 is 5.11 Å². The monoisotopic (exact) mass is 401 g/mol. The molecule has 0 fully saturated rings. The van der Waals surface area contributed by atoms with Crippen molar-refractivity contribution in [2.45, 2.75) is 52.4 Å². The summed E-state index contributed by atoms with van der Waals surface area (Å²) in [5.74, 6) is 0. The second kappa shape index (κ2) is 5.60. The van der Waals surface area contributed by atoms with Crippen LogP contribution in [0.4, 0.5) is 16.2 Å². The van der Waals surface area contributed by atoms with Gasteiger partial charge in [-0.1, -0.05) is 68.2 Å². The molecular formula is C21H24BrNO2. The van der Waals surface area contributed by atoms with Crippen molar-refractivity contribution < 1.29 is 9.90 Å². The Bertz CT molecular complexity index is 878. The molecule has 1 amide bonds. The Kier molecular flexibility index (Phi) is 4.03. The highest BCUT2D eigenvalue weighted by atomic mass is 79.9. The van der Waals surface area contributed by atoms with E-state index in [0.29, 0.717) is 0 Å². The lowest BCUT2D eigenvalue weighted by Gasteiger charge is -2.43. The summed E-state index contributed by atoms with van der Waals surface area (Å²) in [5, 5.41) is 9.95. The molecule has 1 N–H and O–H groups in total. The average molecular weight is 402 g/mol. The summed E-state index contributed by atoms with van der Waals surface area (Å²) in [4.78, 5) is 13.6. The lowest BCUT2D eigenvalue weighted by Crippen LogP contribution is -2.38. The van der Waals surface area contributed by atoms with E-state index in [1.807, 2.05) is 31.2 Å². The molecule has 1 heterocycles. The van der Waals surface area contributed by atoms with Gasteiger partial charge in [-0.15, -0.1) is 0 Å². The number of fused-ring (bicyclic) bond motifs is 2. The zero-order valence-corrected chi connectivity index (χ0v) is 17.2. The number of nitrogens with zero attached hydrogens (tertiary/aromatic N) is 1. The third kappa shape index (κ3) is 2.67. The molecule has 0 radical (unpaired) electrons.